The van der Waals surface area contributed by atoms with E-state index >= 15 is 0 Å². The third-order valence-electron chi connectivity index (χ3n) is 24.2. The summed E-state index contributed by atoms with van der Waals surface area (Å²) in [6.07, 6.45) is -1.83. The van der Waals surface area contributed by atoms with Crippen LogP contribution >= 0.6 is 0 Å². The molecule has 6 aliphatic heterocycles. The molecule has 682 valence electrons. The van der Waals surface area contributed by atoms with Gasteiger partial charge in [0.25, 0.3) is 0 Å². The van der Waals surface area contributed by atoms with Crippen molar-refractivity contribution in [2.24, 2.45) is 17.8 Å². The van der Waals surface area contributed by atoms with Gasteiger partial charge < -0.3 is 154 Å². The molecular weight excluding hydrogens is 1520 g/mol. The number of esters is 2. The topological polar surface area (TPSA) is 529 Å². The SMILES string of the molecule is CC(O)CCCCCC(CCCCCCCCCCCCCC1CC(=O)OC[C@@H]2O[C@H](OC(CCCCCCCCCCCCCCCC(CCCCCC(C)O[C@@H]3O[C@H](CO)[C@@H](O)[C@H](O)[C@H]3CO)O[C@@H]3O[C@H](CO)[C@@H](O)[C@H](O)[C@H]3CO)CC(=O)OCC3O[C@@H](O1)[C@H](O)[C@@H](O)[C@@H]3O)[C@@H](O)[C@@H](O)[C@H]2O)O[C@@H]1O[C@H](CO)[C@@H](O)[C@H](O)[C@H]1CO. The van der Waals surface area contributed by atoms with E-state index < -0.39 is 230 Å². The van der Waals surface area contributed by atoms with E-state index in [0.717, 1.165) is 193 Å². The number of fused-ring (bicyclic) bond motifs is 4. The van der Waals surface area contributed by atoms with Gasteiger partial charge in [0.1, 0.15) is 98.7 Å². The number of aliphatic hydroxyl groups excluding tert-OH is 19. The van der Waals surface area contributed by atoms with Crippen LogP contribution in [0.5, 0.6) is 0 Å². The minimum absolute atomic E-state index is 0.219. The summed E-state index contributed by atoms with van der Waals surface area (Å²) in [5, 5.41) is 198. The van der Waals surface area contributed by atoms with Crippen LogP contribution in [-0.4, -0.2) is 334 Å². The third kappa shape index (κ3) is 35.1. The summed E-state index contributed by atoms with van der Waals surface area (Å²) < 4.78 is 71.6. The Kier molecular flexibility index (Phi) is 50.7. The normalized spacial score (nSPS) is 35.6. The summed E-state index contributed by atoms with van der Waals surface area (Å²) in [6, 6.07) is 0. The van der Waals surface area contributed by atoms with Crippen LogP contribution in [0.4, 0.5) is 0 Å². The molecule has 6 saturated heterocycles. The highest BCUT2D eigenvalue weighted by Crippen LogP contribution is 2.36. The van der Waals surface area contributed by atoms with Gasteiger partial charge in [-0.3, -0.25) is 9.59 Å². The summed E-state index contributed by atoms with van der Waals surface area (Å²) in [5.41, 5.74) is 0. The summed E-state index contributed by atoms with van der Waals surface area (Å²) in [5.74, 6) is -4.22. The van der Waals surface area contributed by atoms with E-state index in [1.807, 2.05) is 6.92 Å². The Morgan fingerprint density at radius 1 is 0.302 bits per heavy atom. The zero-order valence-electron chi connectivity index (χ0n) is 69.1. The first-order valence-electron chi connectivity index (χ1n) is 44.2. The minimum atomic E-state index is -1.77. The average molecular weight is 1680 g/mol. The van der Waals surface area contributed by atoms with E-state index in [1.165, 1.54) is 0 Å². The van der Waals surface area contributed by atoms with E-state index in [0.29, 0.717) is 51.4 Å². The van der Waals surface area contributed by atoms with Gasteiger partial charge in [-0.25, -0.2) is 0 Å². The van der Waals surface area contributed by atoms with Gasteiger partial charge in [0.2, 0.25) is 0 Å². The number of unbranched alkanes of at least 4 members (excludes halogenated alkanes) is 26. The lowest BCUT2D eigenvalue weighted by atomic mass is 9.91. The second-order valence-electron chi connectivity index (χ2n) is 33.7. The smallest absolute Gasteiger partial charge is 0.308 e. The van der Waals surface area contributed by atoms with E-state index in [9.17, 15) is 107 Å². The molecule has 6 heterocycles. The molecule has 31 atom stereocenters. The van der Waals surface area contributed by atoms with Gasteiger partial charge in [0.05, 0.1) is 125 Å². The molecule has 0 amide bonds. The van der Waals surface area contributed by atoms with Crippen LogP contribution < -0.4 is 0 Å². The van der Waals surface area contributed by atoms with E-state index in [4.69, 9.17) is 56.8 Å². The van der Waals surface area contributed by atoms with Crippen LogP contribution in [0.3, 0.4) is 0 Å². The average Bonchev–Trinajstić information content (AvgIpc) is 0.833. The Balaban J connectivity index is 0.871. The molecular formula is C83H152O33. The Morgan fingerprint density at radius 3 is 0.879 bits per heavy atom. The second kappa shape index (κ2) is 57.3. The van der Waals surface area contributed by atoms with Crippen molar-refractivity contribution in [3.63, 3.8) is 0 Å². The highest BCUT2D eigenvalue weighted by molar-refractivity contribution is 5.70. The van der Waals surface area contributed by atoms with Crippen LogP contribution in [0.2, 0.25) is 0 Å². The van der Waals surface area contributed by atoms with Crippen molar-refractivity contribution in [1.82, 2.24) is 0 Å². The molecule has 6 fully saturated rings. The second-order valence-corrected chi connectivity index (χ2v) is 33.7. The molecule has 6 aliphatic rings. The number of carbonyl (C=O) groups is 2. The Labute approximate surface area is 685 Å². The van der Waals surface area contributed by atoms with Gasteiger partial charge in [-0.05, 0) is 65.2 Å². The van der Waals surface area contributed by atoms with Crippen molar-refractivity contribution in [3.8, 4) is 0 Å². The number of cyclic esters (lactones) is 2. The highest BCUT2D eigenvalue weighted by Gasteiger charge is 2.51. The molecule has 33 nitrogen and oxygen atoms in total. The van der Waals surface area contributed by atoms with E-state index in [2.05, 4.69) is 0 Å². The van der Waals surface area contributed by atoms with Crippen molar-refractivity contribution in [2.75, 3.05) is 52.9 Å². The first-order chi connectivity index (χ1) is 55.9. The zero-order valence-corrected chi connectivity index (χ0v) is 69.1. The Hall–Kier alpha value is -2.22. The van der Waals surface area contributed by atoms with Gasteiger partial charge in [-0.15, -0.1) is 0 Å². The van der Waals surface area contributed by atoms with Gasteiger partial charge in [-0.1, -0.05) is 193 Å². The largest absolute Gasteiger partial charge is 0.463 e. The van der Waals surface area contributed by atoms with E-state index in [1.54, 1.807) is 6.92 Å². The molecule has 116 heavy (non-hydrogen) atoms. The number of hydrogen-bond donors (Lipinski definition) is 19. The van der Waals surface area contributed by atoms with Crippen LogP contribution in [0.1, 0.15) is 271 Å². The van der Waals surface area contributed by atoms with Gasteiger partial charge in [0, 0.05) is 0 Å². The number of hydrogen-bond acceptors (Lipinski definition) is 33. The third-order valence-corrected chi connectivity index (χ3v) is 24.2. The number of rotatable bonds is 54. The summed E-state index contributed by atoms with van der Waals surface area (Å²) in [7, 11) is 0. The lowest BCUT2D eigenvalue weighted by Crippen LogP contribution is -2.60. The van der Waals surface area contributed by atoms with Crippen molar-refractivity contribution >= 4 is 11.9 Å². The molecule has 0 aromatic carbocycles. The van der Waals surface area contributed by atoms with Crippen molar-refractivity contribution in [3.05, 3.63) is 0 Å². The zero-order chi connectivity index (χ0) is 84.5. The van der Waals surface area contributed by atoms with Gasteiger partial charge in [0.15, 0.2) is 31.5 Å². The summed E-state index contributed by atoms with van der Waals surface area (Å²) in [6.45, 7) is -0.487. The fraction of sp³-hybridized carbons (Fsp3) is 0.976. The Morgan fingerprint density at radius 2 is 0.578 bits per heavy atom. The molecule has 4 bridgehead atoms. The predicted molar refractivity (Wildman–Crippen MR) is 417 cm³/mol. The standard InChI is InChI=1S/C83H152O33/c1-51(90)33-25-23-31-37-53(108-80-58(44-85)68(94)71(97)61(47-88)113-80)35-27-19-16-12-9-6-10-14-18-22-30-40-56-42-66(92)106-50-63-73(99)75(101)77(103)82(115-63)110-55(41-65(91)105-49-64-74(100)76(102)78(104)83(111-56)116-64)39-29-21-17-13-8-5-3-4-7-11-15-20-28-36-54(109-81-59(45-86)69(95)72(98)62(48-89)114-81)38-32-24-26-34-52(2)107-79-57(43-84)67(93)70(96)60(46-87)112-79/h51-64,67-90,93-104H,3-50H2,1-2H3/t51?,52?,53?,54?,55?,56?,57-,58-,59-,60-,61-,62-,63+,64?,67-,68-,69-,70-,71-,72-,73+,74-,75+,76+,77+,78-,79-,80-,81-,82+,83-/m1/s1. The van der Waals surface area contributed by atoms with Crippen molar-refractivity contribution in [1.29, 1.82) is 0 Å². The molecule has 7 unspecified atom stereocenters. The minimum Gasteiger partial charge on any atom is -0.463 e. The molecule has 0 aromatic heterocycles. The van der Waals surface area contributed by atoms with Crippen LogP contribution in [0.15, 0.2) is 0 Å². The summed E-state index contributed by atoms with van der Waals surface area (Å²) >= 11 is 0. The fourth-order valence-electron chi connectivity index (χ4n) is 16.6. The number of carbonyl (C=O) groups excluding carboxylic acids is 2. The van der Waals surface area contributed by atoms with E-state index in [-0.39, 0.29) is 37.3 Å². The van der Waals surface area contributed by atoms with Crippen LogP contribution in [0, 0.1) is 17.8 Å². The maximum Gasteiger partial charge on any atom is 0.308 e. The van der Waals surface area contributed by atoms with Crippen LogP contribution in [0.25, 0.3) is 0 Å². The first kappa shape index (κ1) is 103. The molecule has 6 rings (SSSR count). The van der Waals surface area contributed by atoms with Crippen molar-refractivity contribution in [2.45, 2.75) is 443 Å². The van der Waals surface area contributed by atoms with Gasteiger partial charge in [-0.2, -0.15) is 0 Å². The molecule has 0 saturated carbocycles. The molecule has 33 heteroatoms. The molecule has 0 radical (unpaired) electrons. The van der Waals surface area contributed by atoms with Crippen molar-refractivity contribution < 1.29 is 163 Å². The quantitative estimate of drug-likeness (QED) is 0.0307. The molecule has 0 spiro atoms. The van der Waals surface area contributed by atoms with Gasteiger partial charge >= 0.3 is 11.9 Å². The first-order valence-corrected chi connectivity index (χ1v) is 44.2. The predicted octanol–water partition coefficient (Wildman–Crippen LogP) is 2.77. The fourth-order valence-corrected chi connectivity index (χ4v) is 16.6. The highest BCUT2D eigenvalue weighted by atomic mass is 16.7. The monoisotopic (exact) mass is 1680 g/mol. The maximum absolute atomic E-state index is 13.6. The molecule has 19 N–H and O–H groups in total. The maximum atomic E-state index is 13.6. The number of aliphatic hydroxyl groups is 19. The molecule has 0 aromatic rings. The summed E-state index contributed by atoms with van der Waals surface area (Å²) in [4.78, 5) is 27.2. The lowest BCUT2D eigenvalue weighted by Gasteiger charge is -2.42. The Bertz CT molecular complexity index is 2520. The lowest BCUT2D eigenvalue weighted by molar-refractivity contribution is -0.316. The van der Waals surface area contributed by atoms with Crippen LogP contribution in [-0.2, 0) is 66.4 Å². The number of ether oxygens (including phenoxy) is 12. The molecule has 0 aliphatic carbocycles.